The molecule has 2 aromatic carbocycles. The summed E-state index contributed by atoms with van der Waals surface area (Å²) in [6, 6.07) is 10.5. The molecule has 0 aliphatic carbocycles. The Morgan fingerprint density at radius 3 is 2.48 bits per heavy atom. The lowest BCUT2D eigenvalue weighted by Crippen LogP contribution is -2.30. The number of nitrogens with zero attached hydrogens (tertiary/aromatic N) is 1. The van der Waals surface area contributed by atoms with E-state index in [1.54, 1.807) is 19.1 Å². The molecule has 0 heterocycles. The second kappa shape index (κ2) is 7.69. The van der Waals surface area contributed by atoms with Crippen LogP contribution in [0.15, 0.2) is 42.5 Å². The van der Waals surface area contributed by atoms with E-state index in [-0.39, 0.29) is 18.1 Å². The number of methoxy groups -OCH3 is 1. The van der Waals surface area contributed by atoms with Crippen molar-refractivity contribution >= 4 is 11.6 Å². The van der Waals surface area contributed by atoms with Crippen LogP contribution in [0.5, 0.6) is 5.75 Å². The molecule has 0 atom stereocenters. The van der Waals surface area contributed by atoms with Crippen LogP contribution in [0.25, 0.3) is 0 Å². The van der Waals surface area contributed by atoms with Crippen molar-refractivity contribution in [1.82, 2.24) is 4.90 Å². The third-order valence-corrected chi connectivity index (χ3v) is 3.23. The number of amides is 1. The van der Waals surface area contributed by atoms with Gasteiger partial charge in [-0.05, 0) is 36.9 Å². The highest BCUT2D eigenvalue weighted by atomic mass is 19.1. The largest absolute Gasteiger partial charge is 0.497 e. The minimum absolute atomic E-state index is 0.0331. The molecule has 0 bridgehead atoms. The highest BCUT2D eigenvalue weighted by Crippen LogP contribution is 2.15. The normalized spacial score (nSPS) is 10.7. The summed E-state index contributed by atoms with van der Waals surface area (Å²) in [5.74, 6) is -1.08. The molecular weight excluding hydrogens is 302 g/mol. The zero-order chi connectivity index (χ0) is 16.8. The van der Waals surface area contributed by atoms with Gasteiger partial charge in [0, 0.05) is 12.6 Å². The van der Waals surface area contributed by atoms with Crippen LogP contribution < -0.4 is 10.1 Å². The number of rotatable bonds is 6. The SMILES string of the molecule is COc1ccc(CN(C)CC(=O)Nc2ccc(F)cc2F)cc1. The summed E-state index contributed by atoms with van der Waals surface area (Å²) in [7, 11) is 3.38. The van der Waals surface area contributed by atoms with Crippen molar-refractivity contribution in [3.05, 3.63) is 59.7 Å². The lowest BCUT2D eigenvalue weighted by Gasteiger charge is -2.16. The van der Waals surface area contributed by atoms with E-state index in [4.69, 9.17) is 4.74 Å². The van der Waals surface area contributed by atoms with Crippen molar-refractivity contribution in [2.75, 3.05) is 26.0 Å². The Balaban J connectivity index is 1.88. The van der Waals surface area contributed by atoms with Gasteiger partial charge in [0.1, 0.15) is 17.4 Å². The average molecular weight is 320 g/mol. The van der Waals surface area contributed by atoms with E-state index in [9.17, 15) is 13.6 Å². The van der Waals surface area contributed by atoms with Gasteiger partial charge in [-0.25, -0.2) is 8.78 Å². The molecule has 4 nitrogen and oxygen atoms in total. The van der Waals surface area contributed by atoms with Gasteiger partial charge in [0.15, 0.2) is 0 Å². The van der Waals surface area contributed by atoms with Crippen LogP contribution in [0.1, 0.15) is 5.56 Å². The summed E-state index contributed by atoms with van der Waals surface area (Å²) in [5.41, 5.74) is 0.989. The lowest BCUT2D eigenvalue weighted by molar-refractivity contribution is -0.117. The summed E-state index contributed by atoms with van der Waals surface area (Å²) in [5, 5.41) is 2.43. The molecule has 0 fully saturated rings. The van der Waals surface area contributed by atoms with Gasteiger partial charge in [0.2, 0.25) is 5.91 Å². The molecule has 0 aliphatic rings. The van der Waals surface area contributed by atoms with Gasteiger partial charge in [0.25, 0.3) is 0 Å². The zero-order valence-corrected chi connectivity index (χ0v) is 13.0. The number of benzene rings is 2. The molecule has 1 amide bonds. The number of likely N-dealkylation sites (N-methyl/N-ethyl adjacent to an activating group) is 1. The average Bonchev–Trinajstić information content (AvgIpc) is 2.50. The lowest BCUT2D eigenvalue weighted by atomic mass is 10.2. The number of halogens is 2. The Hall–Kier alpha value is -2.47. The van der Waals surface area contributed by atoms with E-state index in [1.807, 2.05) is 24.3 Å². The topological polar surface area (TPSA) is 41.6 Å². The maximum Gasteiger partial charge on any atom is 0.238 e. The third kappa shape index (κ3) is 5.03. The second-order valence-corrected chi connectivity index (χ2v) is 5.19. The van der Waals surface area contributed by atoms with Crippen LogP contribution in [0.4, 0.5) is 14.5 Å². The Kier molecular flexibility index (Phi) is 5.65. The van der Waals surface area contributed by atoms with Crippen LogP contribution in [0.2, 0.25) is 0 Å². The predicted molar refractivity (Wildman–Crippen MR) is 84.3 cm³/mol. The van der Waals surface area contributed by atoms with E-state index in [1.165, 1.54) is 6.07 Å². The number of carbonyl (C=O) groups is 1. The smallest absolute Gasteiger partial charge is 0.238 e. The number of anilines is 1. The molecule has 122 valence electrons. The fraction of sp³-hybridized carbons (Fsp3) is 0.235. The Bertz CT molecular complexity index is 675. The Labute approximate surface area is 133 Å². The van der Waals surface area contributed by atoms with E-state index >= 15 is 0 Å². The van der Waals surface area contributed by atoms with E-state index in [0.29, 0.717) is 6.54 Å². The fourth-order valence-electron chi connectivity index (χ4n) is 2.12. The standard InChI is InChI=1S/C17H18F2N2O2/c1-21(10-12-3-6-14(23-2)7-4-12)11-17(22)20-16-8-5-13(18)9-15(16)19/h3-9H,10-11H2,1-2H3,(H,20,22). The van der Waals surface area contributed by atoms with Crippen molar-refractivity contribution in [2.24, 2.45) is 0 Å². The fourth-order valence-corrected chi connectivity index (χ4v) is 2.12. The van der Waals surface area contributed by atoms with Crippen LogP contribution in [0.3, 0.4) is 0 Å². The molecule has 1 N–H and O–H groups in total. The van der Waals surface area contributed by atoms with Crippen molar-refractivity contribution in [3.8, 4) is 5.75 Å². The van der Waals surface area contributed by atoms with Crippen LogP contribution >= 0.6 is 0 Å². The number of ether oxygens (including phenoxy) is 1. The van der Waals surface area contributed by atoms with Gasteiger partial charge in [-0.15, -0.1) is 0 Å². The summed E-state index contributed by atoms with van der Waals surface area (Å²) < 4.78 is 31.4. The first kappa shape index (κ1) is 16.9. The van der Waals surface area contributed by atoms with E-state index in [0.717, 1.165) is 23.4 Å². The minimum atomic E-state index is -0.795. The first-order valence-corrected chi connectivity index (χ1v) is 7.04. The quantitative estimate of drug-likeness (QED) is 0.889. The number of hydrogen-bond donors (Lipinski definition) is 1. The summed E-state index contributed by atoms with van der Waals surface area (Å²) >= 11 is 0. The maximum atomic E-state index is 13.5. The Morgan fingerprint density at radius 1 is 1.17 bits per heavy atom. The molecule has 0 aliphatic heterocycles. The highest BCUT2D eigenvalue weighted by molar-refractivity contribution is 5.92. The molecule has 23 heavy (non-hydrogen) atoms. The van der Waals surface area contributed by atoms with Gasteiger partial charge < -0.3 is 10.1 Å². The van der Waals surface area contributed by atoms with Gasteiger partial charge in [-0.2, -0.15) is 0 Å². The zero-order valence-electron chi connectivity index (χ0n) is 13.0. The monoisotopic (exact) mass is 320 g/mol. The van der Waals surface area contributed by atoms with Gasteiger partial charge in [-0.1, -0.05) is 12.1 Å². The summed E-state index contributed by atoms with van der Waals surface area (Å²) in [4.78, 5) is 13.7. The van der Waals surface area contributed by atoms with E-state index in [2.05, 4.69) is 5.32 Å². The number of hydrogen-bond acceptors (Lipinski definition) is 3. The van der Waals surface area contributed by atoms with Crippen molar-refractivity contribution in [1.29, 1.82) is 0 Å². The summed E-state index contributed by atoms with van der Waals surface area (Å²) in [6.07, 6.45) is 0. The molecule has 2 aromatic rings. The third-order valence-electron chi connectivity index (χ3n) is 3.23. The van der Waals surface area contributed by atoms with Crippen molar-refractivity contribution < 1.29 is 18.3 Å². The van der Waals surface area contributed by atoms with Crippen LogP contribution in [-0.4, -0.2) is 31.5 Å². The summed E-state index contributed by atoms with van der Waals surface area (Å²) in [6.45, 7) is 0.645. The molecule has 0 radical (unpaired) electrons. The van der Waals surface area contributed by atoms with Gasteiger partial charge >= 0.3 is 0 Å². The molecule has 2 rings (SSSR count). The van der Waals surface area contributed by atoms with Gasteiger partial charge in [-0.3, -0.25) is 9.69 Å². The molecule has 0 saturated heterocycles. The van der Waals surface area contributed by atoms with E-state index < -0.39 is 11.6 Å². The van der Waals surface area contributed by atoms with Crippen LogP contribution in [0, 0.1) is 11.6 Å². The molecule has 0 aromatic heterocycles. The van der Waals surface area contributed by atoms with Crippen molar-refractivity contribution in [2.45, 2.75) is 6.54 Å². The predicted octanol–water partition coefficient (Wildman–Crippen LogP) is 3.04. The van der Waals surface area contributed by atoms with Gasteiger partial charge in [0.05, 0.1) is 19.3 Å². The number of carbonyl (C=O) groups excluding carboxylic acids is 1. The maximum absolute atomic E-state index is 13.5. The highest BCUT2D eigenvalue weighted by Gasteiger charge is 2.11. The first-order chi connectivity index (χ1) is 11.0. The molecule has 0 spiro atoms. The Morgan fingerprint density at radius 2 is 1.87 bits per heavy atom. The minimum Gasteiger partial charge on any atom is -0.497 e. The molecular formula is C17H18F2N2O2. The van der Waals surface area contributed by atoms with Crippen molar-refractivity contribution in [3.63, 3.8) is 0 Å². The molecule has 0 saturated carbocycles. The molecule has 6 heteroatoms. The second-order valence-electron chi connectivity index (χ2n) is 5.19. The molecule has 0 unspecified atom stereocenters. The van der Waals surface area contributed by atoms with Crippen LogP contribution in [-0.2, 0) is 11.3 Å². The number of nitrogens with one attached hydrogen (secondary N) is 1. The first-order valence-electron chi connectivity index (χ1n) is 7.04.